The third kappa shape index (κ3) is 5.26. The van der Waals surface area contributed by atoms with Crippen LogP contribution in [0.3, 0.4) is 0 Å². The molecule has 0 aliphatic carbocycles. The van der Waals surface area contributed by atoms with Crippen LogP contribution in [0.5, 0.6) is 5.75 Å². The summed E-state index contributed by atoms with van der Waals surface area (Å²) in [7, 11) is 1.65. The largest absolute Gasteiger partial charge is 0.490 e. The van der Waals surface area contributed by atoms with Gasteiger partial charge in [-0.15, -0.1) is 0 Å². The second-order valence-electron chi connectivity index (χ2n) is 3.47. The number of hydrogen-bond acceptors (Lipinski definition) is 4. The number of rotatable bonds is 8. The molecule has 96 valence electrons. The SMILES string of the molecule is COCCOCCCOc1c(N)cccc1Cl. The van der Waals surface area contributed by atoms with Crippen molar-refractivity contribution in [3.8, 4) is 5.75 Å². The number of nitrogens with two attached hydrogens (primary N) is 1. The summed E-state index contributed by atoms with van der Waals surface area (Å²) < 4.78 is 15.7. The van der Waals surface area contributed by atoms with E-state index in [-0.39, 0.29) is 0 Å². The van der Waals surface area contributed by atoms with Gasteiger partial charge in [-0.05, 0) is 12.1 Å². The van der Waals surface area contributed by atoms with Crippen LogP contribution in [-0.4, -0.2) is 33.5 Å². The van der Waals surface area contributed by atoms with E-state index < -0.39 is 0 Å². The highest BCUT2D eigenvalue weighted by Gasteiger charge is 2.04. The van der Waals surface area contributed by atoms with Gasteiger partial charge >= 0.3 is 0 Å². The molecule has 0 saturated heterocycles. The first-order chi connectivity index (χ1) is 8.25. The van der Waals surface area contributed by atoms with Crippen LogP contribution in [0.25, 0.3) is 0 Å². The fourth-order valence-electron chi connectivity index (χ4n) is 1.26. The Kier molecular flexibility index (Phi) is 6.77. The van der Waals surface area contributed by atoms with Crippen molar-refractivity contribution in [2.24, 2.45) is 0 Å². The highest BCUT2D eigenvalue weighted by Crippen LogP contribution is 2.30. The van der Waals surface area contributed by atoms with E-state index in [4.69, 9.17) is 31.5 Å². The molecule has 0 amide bonds. The van der Waals surface area contributed by atoms with Gasteiger partial charge in [0.05, 0.1) is 30.5 Å². The minimum Gasteiger partial charge on any atom is -0.490 e. The minimum atomic E-state index is 0.529. The van der Waals surface area contributed by atoms with Crippen LogP contribution in [0.4, 0.5) is 5.69 Å². The lowest BCUT2D eigenvalue weighted by molar-refractivity contribution is 0.0645. The minimum absolute atomic E-state index is 0.529. The molecule has 0 bridgehead atoms. The zero-order chi connectivity index (χ0) is 12.5. The van der Waals surface area contributed by atoms with Crippen LogP contribution < -0.4 is 10.5 Å². The lowest BCUT2D eigenvalue weighted by atomic mass is 10.3. The third-order valence-electron chi connectivity index (χ3n) is 2.11. The molecule has 0 fully saturated rings. The summed E-state index contributed by atoms with van der Waals surface area (Å²) in [6, 6.07) is 5.30. The van der Waals surface area contributed by atoms with Crippen molar-refractivity contribution in [2.75, 3.05) is 39.3 Å². The number of nitrogen functional groups attached to an aromatic ring is 1. The van der Waals surface area contributed by atoms with Gasteiger partial charge in [0, 0.05) is 20.1 Å². The van der Waals surface area contributed by atoms with Gasteiger partial charge < -0.3 is 19.9 Å². The highest BCUT2D eigenvalue weighted by atomic mass is 35.5. The molecule has 0 radical (unpaired) electrons. The molecular formula is C12H18ClNO3. The molecule has 0 aliphatic rings. The predicted octanol–water partition coefficient (Wildman–Crippen LogP) is 2.35. The van der Waals surface area contributed by atoms with Crippen LogP contribution in [0.2, 0.25) is 5.02 Å². The maximum Gasteiger partial charge on any atom is 0.160 e. The monoisotopic (exact) mass is 259 g/mol. The van der Waals surface area contributed by atoms with Crippen LogP contribution in [0.1, 0.15) is 6.42 Å². The van der Waals surface area contributed by atoms with Crippen molar-refractivity contribution < 1.29 is 14.2 Å². The zero-order valence-electron chi connectivity index (χ0n) is 9.95. The lowest BCUT2D eigenvalue weighted by Crippen LogP contribution is -2.07. The Labute approximate surface area is 107 Å². The quantitative estimate of drug-likeness (QED) is 0.575. The van der Waals surface area contributed by atoms with Gasteiger partial charge in [-0.1, -0.05) is 17.7 Å². The van der Waals surface area contributed by atoms with E-state index in [2.05, 4.69) is 0 Å². The van der Waals surface area contributed by atoms with Gasteiger partial charge in [-0.3, -0.25) is 0 Å². The molecule has 0 aliphatic heterocycles. The van der Waals surface area contributed by atoms with Crippen LogP contribution in [-0.2, 0) is 9.47 Å². The number of hydrogen-bond donors (Lipinski definition) is 1. The fraction of sp³-hybridized carbons (Fsp3) is 0.500. The third-order valence-corrected chi connectivity index (χ3v) is 2.41. The first kappa shape index (κ1) is 14.1. The molecular weight excluding hydrogens is 242 g/mol. The lowest BCUT2D eigenvalue weighted by Gasteiger charge is -2.10. The Bertz CT molecular complexity index is 313. The Morgan fingerprint density at radius 3 is 2.71 bits per heavy atom. The van der Waals surface area contributed by atoms with Crippen molar-refractivity contribution in [3.05, 3.63) is 23.2 Å². The summed E-state index contributed by atoms with van der Waals surface area (Å²) in [5, 5.41) is 0.533. The molecule has 1 aromatic rings. The summed E-state index contributed by atoms with van der Waals surface area (Å²) in [6.45, 7) is 2.37. The summed E-state index contributed by atoms with van der Waals surface area (Å²) >= 11 is 5.96. The van der Waals surface area contributed by atoms with Crippen molar-refractivity contribution in [3.63, 3.8) is 0 Å². The molecule has 0 unspecified atom stereocenters. The second kappa shape index (κ2) is 8.17. The Morgan fingerprint density at radius 1 is 1.18 bits per heavy atom. The van der Waals surface area contributed by atoms with Crippen molar-refractivity contribution in [1.29, 1.82) is 0 Å². The van der Waals surface area contributed by atoms with E-state index >= 15 is 0 Å². The van der Waals surface area contributed by atoms with Crippen LogP contribution in [0, 0.1) is 0 Å². The molecule has 0 heterocycles. The molecule has 5 heteroatoms. The molecule has 4 nitrogen and oxygen atoms in total. The van der Waals surface area contributed by atoms with Crippen LogP contribution in [0.15, 0.2) is 18.2 Å². The predicted molar refractivity (Wildman–Crippen MR) is 68.7 cm³/mol. The topological polar surface area (TPSA) is 53.7 Å². The number of benzene rings is 1. The molecule has 1 aromatic carbocycles. The first-order valence-electron chi connectivity index (χ1n) is 5.49. The number of para-hydroxylation sites is 1. The average molecular weight is 260 g/mol. The Hall–Kier alpha value is -0.970. The Balaban J connectivity index is 2.18. The summed E-state index contributed by atoms with van der Waals surface area (Å²) in [4.78, 5) is 0. The number of anilines is 1. The van der Waals surface area contributed by atoms with Gasteiger partial charge in [-0.2, -0.15) is 0 Å². The van der Waals surface area contributed by atoms with Crippen molar-refractivity contribution in [1.82, 2.24) is 0 Å². The molecule has 0 atom stereocenters. The van der Waals surface area contributed by atoms with Gasteiger partial charge in [0.25, 0.3) is 0 Å². The smallest absolute Gasteiger partial charge is 0.160 e. The van der Waals surface area contributed by atoms with E-state index in [1.165, 1.54) is 0 Å². The second-order valence-corrected chi connectivity index (χ2v) is 3.87. The Morgan fingerprint density at radius 2 is 2.00 bits per heavy atom. The highest BCUT2D eigenvalue weighted by molar-refractivity contribution is 6.32. The maximum absolute atomic E-state index is 5.96. The summed E-state index contributed by atoms with van der Waals surface area (Å²) in [5.74, 6) is 0.547. The first-order valence-corrected chi connectivity index (χ1v) is 5.87. The van der Waals surface area contributed by atoms with Crippen LogP contribution >= 0.6 is 11.6 Å². The maximum atomic E-state index is 5.96. The average Bonchev–Trinajstić information content (AvgIpc) is 2.31. The van der Waals surface area contributed by atoms with Crippen molar-refractivity contribution in [2.45, 2.75) is 6.42 Å². The number of halogens is 1. The van der Waals surface area contributed by atoms with E-state index in [1.54, 1.807) is 25.3 Å². The zero-order valence-corrected chi connectivity index (χ0v) is 10.7. The molecule has 0 aromatic heterocycles. The normalized spacial score (nSPS) is 10.5. The molecule has 0 spiro atoms. The molecule has 2 N–H and O–H groups in total. The molecule has 17 heavy (non-hydrogen) atoms. The standard InChI is InChI=1S/C12H18ClNO3/c1-15-8-9-16-6-3-7-17-12-10(13)4-2-5-11(12)14/h2,4-5H,3,6-9,14H2,1H3. The van der Waals surface area contributed by atoms with Gasteiger partial charge in [0.2, 0.25) is 0 Å². The van der Waals surface area contributed by atoms with E-state index in [0.717, 1.165) is 6.42 Å². The van der Waals surface area contributed by atoms with E-state index in [1.807, 2.05) is 0 Å². The van der Waals surface area contributed by atoms with E-state index in [0.29, 0.717) is 42.9 Å². The summed E-state index contributed by atoms with van der Waals surface area (Å²) in [6.07, 6.45) is 0.786. The van der Waals surface area contributed by atoms with E-state index in [9.17, 15) is 0 Å². The number of methoxy groups -OCH3 is 1. The van der Waals surface area contributed by atoms with Gasteiger partial charge in [0.15, 0.2) is 5.75 Å². The number of ether oxygens (including phenoxy) is 3. The molecule has 1 rings (SSSR count). The summed E-state index contributed by atoms with van der Waals surface area (Å²) in [5.41, 5.74) is 6.30. The molecule has 0 saturated carbocycles. The van der Waals surface area contributed by atoms with Gasteiger partial charge in [0.1, 0.15) is 0 Å². The fourth-order valence-corrected chi connectivity index (χ4v) is 1.49. The van der Waals surface area contributed by atoms with Crippen molar-refractivity contribution >= 4 is 17.3 Å². The van der Waals surface area contributed by atoms with Gasteiger partial charge in [-0.25, -0.2) is 0 Å².